The third kappa shape index (κ3) is 3.09. The van der Waals surface area contributed by atoms with Gasteiger partial charge in [-0.1, -0.05) is 46.3 Å². The summed E-state index contributed by atoms with van der Waals surface area (Å²) in [5.74, 6) is 0.839. The lowest BCUT2D eigenvalue weighted by Crippen LogP contribution is -2.35. The molecule has 3 heteroatoms. The summed E-state index contributed by atoms with van der Waals surface area (Å²) >= 11 is 5.45. The number of piperidine rings is 1. The molecule has 2 heterocycles. The second-order valence-corrected chi connectivity index (χ2v) is 7.14. The summed E-state index contributed by atoms with van der Waals surface area (Å²) in [6.45, 7) is 2.41. The minimum absolute atomic E-state index is 0.839. The van der Waals surface area contributed by atoms with Gasteiger partial charge in [0.15, 0.2) is 0 Å². The zero-order chi connectivity index (χ0) is 13.8. The molecule has 0 aliphatic carbocycles. The van der Waals surface area contributed by atoms with Gasteiger partial charge in [0, 0.05) is 18.4 Å². The lowest BCUT2D eigenvalue weighted by Gasteiger charge is -2.34. The number of alkyl halides is 1. The molecule has 2 aromatic rings. The Labute approximate surface area is 133 Å². The van der Waals surface area contributed by atoms with Crippen LogP contribution in [-0.4, -0.2) is 18.4 Å². The van der Waals surface area contributed by atoms with E-state index < -0.39 is 0 Å². The van der Waals surface area contributed by atoms with Gasteiger partial charge in [-0.05, 0) is 42.2 Å². The molecule has 1 aliphatic heterocycles. The molecular weight excluding hydrogens is 330 g/mol. The minimum Gasteiger partial charge on any atom is -0.370 e. The van der Waals surface area contributed by atoms with Crippen molar-refractivity contribution < 1.29 is 0 Å². The van der Waals surface area contributed by atoms with Crippen LogP contribution in [0.1, 0.15) is 19.3 Å². The van der Waals surface area contributed by atoms with Crippen molar-refractivity contribution in [2.45, 2.75) is 19.3 Å². The fraction of sp³-hybridized carbons (Fsp3) is 0.412. The average Bonchev–Trinajstić information content (AvgIpc) is 2.98. The molecule has 1 saturated heterocycles. The summed E-state index contributed by atoms with van der Waals surface area (Å²) in [7, 11) is 0. The van der Waals surface area contributed by atoms with Crippen LogP contribution >= 0.6 is 27.3 Å². The second kappa shape index (κ2) is 6.77. The maximum atomic E-state index is 3.59. The van der Waals surface area contributed by atoms with Crippen LogP contribution in [0.25, 0.3) is 10.4 Å². The smallest absolute Gasteiger partial charge is 0.0576 e. The van der Waals surface area contributed by atoms with Crippen molar-refractivity contribution in [2.24, 2.45) is 5.92 Å². The van der Waals surface area contributed by atoms with Crippen molar-refractivity contribution in [3.05, 3.63) is 41.8 Å². The molecule has 1 unspecified atom stereocenters. The highest BCUT2D eigenvalue weighted by Crippen LogP contribution is 2.38. The largest absolute Gasteiger partial charge is 0.370 e. The summed E-state index contributed by atoms with van der Waals surface area (Å²) in [6.07, 6.45) is 4.00. The number of nitrogens with zero attached hydrogens (tertiary/aromatic N) is 1. The number of halogens is 1. The van der Waals surface area contributed by atoms with Gasteiger partial charge in [-0.2, -0.15) is 0 Å². The highest BCUT2D eigenvalue weighted by atomic mass is 79.9. The Morgan fingerprint density at radius 1 is 1.20 bits per heavy atom. The first-order chi connectivity index (χ1) is 9.88. The molecule has 1 aromatic heterocycles. The van der Waals surface area contributed by atoms with E-state index in [1.54, 1.807) is 0 Å². The van der Waals surface area contributed by atoms with Crippen LogP contribution in [-0.2, 0) is 0 Å². The Bertz CT molecular complexity index is 535. The fourth-order valence-electron chi connectivity index (χ4n) is 3.03. The molecular formula is C17H20BrNS. The molecule has 0 N–H and O–H groups in total. The van der Waals surface area contributed by atoms with Gasteiger partial charge in [0.05, 0.1) is 10.6 Å². The zero-order valence-corrected chi connectivity index (χ0v) is 14.0. The van der Waals surface area contributed by atoms with E-state index in [4.69, 9.17) is 0 Å². The fourth-order valence-corrected chi connectivity index (χ4v) is 4.60. The predicted octanol–water partition coefficient (Wildman–Crippen LogP) is 5.42. The van der Waals surface area contributed by atoms with Crippen LogP contribution in [0, 0.1) is 5.92 Å². The molecule has 0 saturated carbocycles. The molecule has 0 radical (unpaired) electrons. The van der Waals surface area contributed by atoms with Crippen molar-refractivity contribution in [3.8, 4) is 10.4 Å². The van der Waals surface area contributed by atoms with E-state index in [0.717, 1.165) is 11.2 Å². The molecule has 106 valence electrons. The molecule has 0 spiro atoms. The molecule has 1 nitrogen and oxygen atoms in total. The van der Waals surface area contributed by atoms with Crippen molar-refractivity contribution in [3.63, 3.8) is 0 Å². The van der Waals surface area contributed by atoms with Crippen molar-refractivity contribution in [1.29, 1.82) is 0 Å². The third-order valence-electron chi connectivity index (χ3n) is 4.06. The lowest BCUT2D eigenvalue weighted by atomic mass is 9.95. The van der Waals surface area contributed by atoms with Crippen LogP contribution in [0.2, 0.25) is 0 Å². The molecule has 20 heavy (non-hydrogen) atoms. The van der Waals surface area contributed by atoms with Crippen LogP contribution in [0.5, 0.6) is 0 Å². The number of anilines is 1. The molecule has 1 atom stereocenters. The van der Waals surface area contributed by atoms with Crippen LogP contribution in [0.3, 0.4) is 0 Å². The van der Waals surface area contributed by atoms with Gasteiger partial charge in [-0.15, -0.1) is 11.3 Å². The molecule has 1 aliphatic rings. The van der Waals surface area contributed by atoms with E-state index in [-0.39, 0.29) is 0 Å². The van der Waals surface area contributed by atoms with E-state index >= 15 is 0 Å². The van der Waals surface area contributed by atoms with E-state index in [1.165, 1.54) is 48.5 Å². The number of hydrogen-bond donors (Lipinski definition) is 0. The first-order valence-corrected chi connectivity index (χ1v) is 9.32. The van der Waals surface area contributed by atoms with Gasteiger partial charge in [-0.25, -0.2) is 0 Å². The van der Waals surface area contributed by atoms with Gasteiger partial charge >= 0.3 is 0 Å². The van der Waals surface area contributed by atoms with E-state index in [2.05, 4.69) is 62.6 Å². The van der Waals surface area contributed by atoms with Crippen LogP contribution < -0.4 is 4.90 Å². The van der Waals surface area contributed by atoms with E-state index in [0.29, 0.717) is 0 Å². The Balaban J connectivity index is 1.82. The van der Waals surface area contributed by atoms with Crippen molar-refractivity contribution >= 4 is 33.0 Å². The van der Waals surface area contributed by atoms with Crippen LogP contribution in [0.15, 0.2) is 41.8 Å². The Morgan fingerprint density at radius 2 is 2.05 bits per heavy atom. The first-order valence-electron chi connectivity index (χ1n) is 7.32. The normalized spacial score (nSPS) is 19.2. The monoisotopic (exact) mass is 349 g/mol. The zero-order valence-electron chi connectivity index (χ0n) is 11.6. The third-order valence-corrected chi connectivity index (χ3v) is 5.47. The van der Waals surface area contributed by atoms with Crippen LogP contribution in [0.4, 0.5) is 5.69 Å². The summed E-state index contributed by atoms with van der Waals surface area (Å²) in [6, 6.07) is 13.1. The van der Waals surface area contributed by atoms with Gasteiger partial charge in [0.1, 0.15) is 0 Å². The average molecular weight is 350 g/mol. The molecule has 1 fully saturated rings. The first kappa shape index (κ1) is 14.2. The quantitative estimate of drug-likeness (QED) is 0.666. The number of rotatable bonds is 4. The molecule has 0 bridgehead atoms. The standard InChI is InChI=1S/C17H20BrNS/c18-10-8-14-5-4-11-19(13-14)16-9-12-20-17(16)15-6-2-1-3-7-15/h1-3,6-7,9,12,14H,4-5,8,10-11,13H2. The van der Waals surface area contributed by atoms with Gasteiger partial charge < -0.3 is 4.90 Å². The van der Waals surface area contributed by atoms with E-state index in [1.807, 2.05) is 11.3 Å². The summed E-state index contributed by atoms with van der Waals surface area (Å²) < 4.78 is 0. The second-order valence-electron chi connectivity index (χ2n) is 5.43. The highest BCUT2D eigenvalue weighted by Gasteiger charge is 2.22. The van der Waals surface area contributed by atoms with Gasteiger partial charge in [-0.3, -0.25) is 0 Å². The highest BCUT2D eigenvalue weighted by molar-refractivity contribution is 9.09. The lowest BCUT2D eigenvalue weighted by molar-refractivity contribution is 0.408. The Kier molecular flexibility index (Phi) is 4.79. The molecule has 3 rings (SSSR count). The summed E-state index contributed by atoms with van der Waals surface area (Å²) in [4.78, 5) is 4.01. The maximum absolute atomic E-state index is 3.59. The maximum Gasteiger partial charge on any atom is 0.0576 e. The SMILES string of the molecule is BrCCC1CCCN(c2ccsc2-c2ccccc2)C1. The summed E-state index contributed by atoms with van der Waals surface area (Å²) in [5.41, 5.74) is 2.78. The number of benzene rings is 1. The predicted molar refractivity (Wildman–Crippen MR) is 93.1 cm³/mol. The summed E-state index contributed by atoms with van der Waals surface area (Å²) in [5, 5.41) is 3.35. The van der Waals surface area contributed by atoms with E-state index in [9.17, 15) is 0 Å². The van der Waals surface area contributed by atoms with Gasteiger partial charge in [0.25, 0.3) is 0 Å². The number of thiophene rings is 1. The Morgan fingerprint density at radius 3 is 2.85 bits per heavy atom. The Hall–Kier alpha value is -0.800. The molecule has 1 aromatic carbocycles. The topological polar surface area (TPSA) is 3.24 Å². The number of hydrogen-bond acceptors (Lipinski definition) is 2. The van der Waals surface area contributed by atoms with Crippen molar-refractivity contribution in [1.82, 2.24) is 0 Å². The van der Waals surface area contributed by atoms with Crippen molar-refractivity contribution in [2.75, 3.05) is 23.3 Å². The van der Waals surface area contributed by atoms with Gasteiger partial charge in [0.2, 0.25) is 0 Å². The molecule has 0 amide bonds. The minimum atomic E-state index is 0.839.